The van der Waals surface area contributed by atoms with Gasteiger partial charge in [-0.25, -0.2) is 4.39 Å². The molecule has 0 aliphatic rings. The van der Waals surface area contributed by atoms with Crippen molar-refractivity contribution in [2.75, 3.05) is 0 Å². The van der Waals surface area contributed by atoms with Gasteiger partial charge in [0.15, 0.2) is 0 Å². The van der Waals surface area contributed by atoms with E-state index in [9.17, 15) is 4.39 Å². The van der Waals surface area contributed by atoms with Crippen LogP contribution in [-0.2, 0) is 6.42 Å². The van der Waals surface area contributed by atoms with E-state index in [0.29, 0.717) is 12.0 Å². The van der Waals surface area contributed by atoms with Gasteiger partial charge in [-0.3, -0.25) is 0 Å². The second-order valence-corrected chi connectivity index (χ2v) is 2.28. The van der Waals surface area contributed by atoms with Gasteiger partial charge in [-0.05, 0) is 6.42 Å². The van der Waals surface area contributed by atoms with E-state index in [2.05, 4.69) is 0 Å². The lowest BCUT2D eigenvalue weighted by atomic mass is 10.1. The van der Waals surface area contributed by atoms with E-state index >= 15 is 0 Å². The van der Waals surface area contributed by atoms with E-state index in [-0.39, 0.29) is 11.5 Å². The number of halogens is 1. The first-order valence-electron chi connectivity index (χ1n) is 3.35. The molecule has 0 saturated carbocycles. The molecule has 0 aromatic heterocycles. The van der Waals surface area contributed by atoms with E-state index in [4.69, 9.17) is 10.2 Å². The Kier molecular flexibility index (Phi) is 1.98. The Morgan fingerprint density at radius 1 is 1.27 bits per heavy atom. The second-order valence-electron chi connectivity index (χ2n) is 2.28. The normalized spacial score (nSPS) is 10.0. The highest BCUT2D eigenvalue weighted by molar-refractivity contribution is 5.43. The topological polar surface area (TPSA) is 40.5 Å². The Balaban J connectivity index is 3.25. The van der Waals surface area contributed by atoms with Crippen molar-refractivity contribution in [3.63, 3.8) is 0 Å². The van der Waals surface area contributed by atoms with Crippen molar-refractivity contribution in [3.05, 3.63) is 23.5 Å². The Bertz CT molecular complexity index is 248. The molecule has 60 valence electrons. The fraction of sp³-hybridized carbons (Fsp3) is 0.250. The van der Waals surface area contributed by atoms with Gasteiger partial charge >= 0.3 is 0 Å². The van der Waals surface area contributed by atoms with Gasteiger partial charge in [0.1, 0.15) is 17.3 Å². The number of hydrogen-bond donors (Lipinski definition) is 2. The minimum Gasteiger partial charge on any atom is -0.507 e. The van der Waals surface area contributed by atoms with Crippen LogP contribution in [0.2, 0.25) is 0 Å². The van der Waals surface area contributed by atoms with Crippen LogP contribution in [0.3, 0.4) is 0 Å². The van der Waals surface area contributed by atoms with Crippen molar-refractivity contribution in [1.82, 2.24) is 0 Å². The zero-order valence-corrected chi connectivity index (χ0v) is 6.13. The van der Waals surface area contributed by atoms with Crippen LogP contribution in [0.15, 0.2) is 12.1 Å². The molecule has 0 radical (unpaired) electrons. The van der Waals surface area contributed by atoms with E-state index in [1.54, 1.807) is 6.92 Å². The van der Waals surface area contributed by atoms with Crippen LogP contribution < -0.4 is 0 Å². The van der Waals surface area contributed by atoms with Crippen molar-refractivity contribution in [2.45, 2.75) is 13.3 Å². The van der Waals surface area contributed by atoms with Crippen LogP contribution in [0.4, 0.5) is 4.39 Å². The van der Waals surface area contributed by atoms with Gasteiger partial charge in [0.05, 0.1) is 0 Å². The van der Waals surface area contributed by atoms with Gasteiger partial charge in [0.2, 0.25) is 0 Å². The Labute approximate surface area is 63.9 Å². The molecule has 2 N–H and O–H groups in total. The number of aromatic hydroxyl groups is 2. The maximum atomic E-state index is 12.4. The van der Waals surface area contributed by atoms with E-state index < -0.39 is 5.82 Å². The van der Waals surface area contributed by atoms with Crippen molar-refractivity contribution in [2.24, 2.45) is 0 Å². The second kappa shape index (κ2) is 2.78. The summed E-state index contributed by atoms with van der Waals surface area (Å²) in [5.41, 5.74) is 0.381. The molecule has 0 bridgehead atoms. The highest BCUT2D eigenvalue weighted by Gasteiger charge is 2.06. The molecule has 0 atom stereocenters. The highest BCUT2D eigenvalue weighted by Crippen LogP contribution is 2.28. The number of rotatable bonds is 1. The van der Waals surface area contributed by atoms with E-state index in [1.807, 2.05) is 0 Å². The number of hydrogen-bond acceptors (Lipinski definition) is 2. The molecular formula is C8H9FO2. The van der Waals surface area contributed by atoms with Gasteiger partial charge in [0.25, 0.3) is 0 Å². The lowest BCUT2D eigenvalue weighted by molar-refractivity contribution is 0.430. The molecule has 0 saturated heterocycles. The molecule has 0 unspecified atom stereocenters. The van der Waals surface area contributed by atoms with Crippen LogP contribution in [0.25, 0.3) is 0 Å². The summed E-state index contributed by atoms with van der Waals surface area (Å²) in [7, 11) is 0. The number of phenolic OH excluding ortho intramolecular Hbond substituents is 2. The molecule has 11 heavy (non-hydrogen) atoms. The van der Waals surface area contributed by atoms with Crippen LogP contribution in [0.5, 0.6) is 11.5 Å². The summed E-state index contributed by atoms with van der Waals surface area (Å²) in [6.07, 6.45) is 0.484. The van der Waals surface area contributed by atoms with Gasteiger partial charge in [0, 0.05) is 17.7 Å². The first-order chi connectivity index (χ1) is 5.15. The lowest BCUT2D eigenvalue weighted by Gasteiger charge is -2.03. The summed E-state index contributed by atoms with van der Waals surface area (Å²) in [6.45, 7) is 1.77. The van der Waals surface area contributed by atoms with Gasteiger partial charge in [-0.15, -0.1) is 0 Å². The molecule has 0 spiro atoms. The van der Waals surface area contributed by atoms with Crippen molar-refractivity contribution in [1.29, 1.82) is 0 Å². The molecule has 1 rings (SSSR count). The average molecular weight is 156 g/mol. The van der Waals surface area contributed by atoms with Crippen molar-refractivity contribution in [3.8, 4) is 11.5 Å². The maximum absolute atomic E-state index is 12.4. The third kappa shape index (κ3) is 1.42. The molecule has 0 heterocycles. The smallest absolute Gasteiger partial charge is 0.130 e. The fourth-order valence-corrected chi connectivity index (χ4v) is 0.971. The molecule has 1 aromatic carbocycles. The van der Waals surface area contributed by atoms with Crippen LogP contribution >= 0.6 is 0 Å². The minimum atomic E-state index is -0.628. The summed E-state index contributed by atoms with van der Waals surface area (Å²) >= 11 is 0. The van der Waals surface area contributed by atoms with Gasteiger partial charge in [-0.2, -0.15) is 0 Å². The Morgan fingerprint density at radius 2 is 1.73 bits per heavy atom. The molecule has 0 aliphatic carbocycles. The predicted molar refractivity (Wildman–Crippen MR) is 39.1 cm³/mol. The van der Waals surface area contributed by atoms with E-state index in [0.717, 1.165) is 12.1 Å². The van der Waals surface area contributed by atoms with Gasteiger partial charge < -0.3 is 10.2 Å². The standard InChI is InChI=1S/C8H9FO2/c1-2-6-7(10)3-5(9)4-8(6)11/h3-4,10-11H,2H2,1H3. The van der Waals surface area contributed by atoms with Crippen molar-refractivity contribution >= 4 is 0 Å². The average Bonchev–Trinajstić information content (AvgIpc) is 1.85. The Hall–Kier alpha value is -1.25. The summed E-state index contributed by atoms with van der Waals surface area (Å²) in [5.74, 6) is -1.01. The number of benzene rings is 1. The monoisotopic (exact) mass is 156 g/mol. The third-order valence-corrected chi connectivity index (χ3v) is 1.52. The highest BCUT2D eigenvalue weighted by atomic mass is 19.1. The third-order valence-electron chi connectivity index (χ3n) is 1.52. The molecule has 1 aromatic rings. The zero-order chi connectivity index (χ0) is 8.43. The first-order valence-corrected chi connectivity index (χ1v) is 3.35. The summed E-state index contributed by atoms with van der Waals surface area (Å²) in [6, 6.07) is 1.97. The molecule has 3 heteroatoms. The van der Waals surface area contributed by atoms with Gasteiger partial charge in [-0.1, -0.05) is 6.92 Å². The summed E-state index contributed by atoms with van der Waals surface area (Å²) in [5, 5.41) is 18.1. The largest absolute Gasteiger partial charge is 0.507 e. The SMILES string of the molecule is CCc1c(O)cc(F)cc1O. The summed E-state index contributed by atoms with van der Waals surface area (Å²) < 4.78 is 12.4. The van der Waals surface area contributed by atoms with Crippen LogP contribution in [0, 0.1) is 5.82 Å². The predicted octanol–water partition coefficient (Wildman–Crippen LogP) is 1.80. The maximum Gasteiger partial charge on any atom is 0.130 e. The summed E-state index contributed by atoms with van der Waals surface area (Å²) in [4.78, 5) is 0. The molecule has 2 nitrogen and oxygen atoms in total. The molecule has 0 fully saturated rings. The molecule has 0 aliphatic heterocycles. The lowest BCUT2D eigenvalue weighted by Crippen LogP contribution is -1.84. The Morgan fingerprint density at radius 3 is 2.09 bits per heavy atom. The van der Waals surface area contributed by atoms with Crippen molar-refractivity contribution < 1.29 is 14.6 Å². The molecule has 0 amide bonds. The first kappa shape index (κ1) is 7.85. The fourth-order valence-electron chi connectivity index (χ4n) is 0.971. The quantitative estimate of drug-likeness (QED) is 0.650. The minimum absolute atomic E-state index is 0.190. The van der Waals surface area contributed by atoms with Crippen LogP contribution in [0.1, 0.15) is 12.5 Å². The molecular weight excluding hydrogens is 147 g/mol. The van der Waals surface area contributed by atoms with E-state index in [1.165, 1.54) is 0 Å². The number of phenols is 2. The van der Waals surface area contributed by atoms with Crippen LogP contribution in [-0.4, -0.2) is 10.2 Å². The zero-order valence-electron chi connectivity index (χ0n) is 6.13.